The van der Waals surface area contributed by atoms with E-state index in [1.807, 2.05) is 0 Å². The second-order valence-corrected chi connectivity index (χ2v) is 7.91. The molecule has 0 bridgehead atoms. The zero-order valence-electron chi connectivity index (χ0n) is 16.0. The van der Waals surface area contributed by atoms with E-state index in [0.29, 0.717) is 32.2 Å². The molecule has 2 fully saturated rings. The van der Waals surface area contributed by atoms with Gasteiger partial charge in [-0.25, -0.2) is 8.78 Å². The van der Waals surface area contributed by atoms with E-state index in [1.165, 1.54) is 4.90 Å². The zero-order valence-corrected chi connectivity index (χ0v) is 16.0. The van der Waals surface area contributed by atoms with E-state index in [1.54, 1.807) is 6.92 Å². The predicted molar refractivity (Wildman–Crippen MR) is 91.6 cm³/mol. The lowest BCUT2D eigenvalue weighted by Crippen LogP contribution is -2.53. The zero-order chi connectivity index (χ0) is 20.9. The van der Waals surface area contributed by atoms with Crippen LogP contribution in [0.2, 0.25) is 0 Å². The number of carbonyl (C=O) groups is 1. The Labute approximate surface area is 161 Å². The molecule has 1 heterocycles. The standard InChI is InChI=1S/C18H29F5N2O3/c1-12(27-10-13-4-6-17(19,20)7-5-13)15(24)16(26)25-8-2-3-14(9-25)11-28-18(21,22)23/h12-15H,2-11,24H2,1H3/t12-,14+,15+/m1/s1. The van der Waals surface area contributed by atoms with Crippen LogP contribution in [0.5, 0.6) is 0 Å². The Morgan fingerprint density at radius 1 is 1.18 bits per heavy atom. The maximum absolute atomic E-state index is 13.2. The number of halogens is 5. The lowest BCUT2D eigenvalue weighted by atomic mass is 9.87. The Morgan fingerprint density at radius 3 is 2.43 bits per heavy atom. The van der Waals surface area contributed by atoms with Gasteiger partial charge in [-0.15, -0.1) is 13.2 Å². The molecule has 28 heavy (non-hydrogen) atoms. The normalized spacial score (nSPS) is 26.1. The smallest absolute Gasteiger partial charge is 0.376 e. The minimum atomic E-state index is -4.69. The first-order valence-electron chi connectivity index (χ1n) is 9.71. The molecular weight excluding hydrogens is 387 g/mol. The monoisotopic (exact) mass is 416 g/mol. The van der Waals surface area contributed by atoms with Gasteiger partial charge in [-0.2, -0.15) is 0 Å². The molecular formula is C18H29F5N2O3. The molecule has 10 heteroatoms. The maximum Gasteiger partial charge on any atom is 0.522 e. The third-order valence-corrected chi connectivity index (χ3v) is 5.54. The summed E-state index contributed by atoms with van der Waals surface area (Å²) in [6.07, 6.45) is -3.74. The number of carbonyl (C=O) groups excluding carboxylic acids is 1. The summed E-state index contributed by atoms with van der Waals surface area (Å²) in [5, 5.41) is 0. The number of rotatable bonds is 7. The average molecular weight is 416 g/mol. The summed E-state index contributed by atoms with van der Waals surface area (Å²) < 4.78 is 72.5. The number of likely N-dealkylation sites (tertiary alicyclic amines) is 1. The van der Waals surface area contributed by atoms with Crippen molar-refractivity contribution in [2.45, 2.75) is 69.9 Å². The van der Waals surface area contributed by atoms with Crippen LogP contribution < -0.4 is 5.73 Å². The molecule has 0 unspecified atom stereocenters. The Morgan fingerprint density at radius 2 is 1.82 bits per heavy atom. The molecule has 2 aliphatic rings. The molecule has 0 aromatic rings. The van der Waals surface area contributed by atoms with Crippen LogP contribution in [0.4, 0.5) is 22.0 Å². The average Bonchev–Trinajstić information content (AvgIpc) is 2.63. The third kappa shape index (κ3) is 7.44. The number of alkyl halides is 5. The van der Waals surface area contributed by atoms with Crippen LogP contribution in [0.3, 0.4) is 0 Å². The van der Waals surface area contributed by atoms with E-state index in [9.17, 15) is 26.7 Å². The first-order chi connectivity index (χ1) is 13.0. The van der Waals surface area contributed by atoms with Gasteiger partial charge in [0.15, 0.2) is 0 Å². The van der Waals surface area contributed by atoms with Gasteiger partial charge < -0.3 is 15.4 Å². The van der Waals surface area contributed by atoms with Gasteiger partial charge in [0, 0.05) is 38.5 Å². The summed E-state index contributed by atoms with van der Waals surface area (Å²) in [6, 6.07) is -0.952. The van der Waals surface area contributed by atoms with Crippen LogP contribution in [-0.2, 0) is 14.3 Å². The van der Waals surface area contributed by atoms with Gasteiger partial charge in [0.25, 0.3) is 0 Å². The highest BCUT2D eigenvalue weighted by Gasteiger charge is 2.36. The van der Waals surface area contributed by atoms with Crippen LogP contribution in [0, 0.1) is 11.8 Å². The van der Waals surface area contributed by atoms with Crippen LogP contribution in [0.1, 0.15) is 45.4 Å². The molecule has 2 N–H and O–H groups in total. The highest BCUT2D eigenvalue weighted by Crippen LogP contribution is 2.36. The molecule has 1 amide bonds. The van der Waals surface area contributed by atoms with Crippen molar-refractivity contribution < 1.29 is 36.2 Å². The fraction of sp³-hybridized carbons (Fsp3) is 0.944. The van der Waals surface area contributed by atoms with Crippen molar-refractivity contribution in [3.63, 3.8) is 0 Å². The Hall–Kier alpha value is -1.00. The molecule has 1 aliphatic carbocycles. The molecule has 3 atom stereocenters. The highest BCUT2D eigenvalue weighted by molar-refractivity contribution is 5.82. The van der Waals surface area contributed by atoms with Gasteiger partial charge in [0.05, 0.1) is 12.7 Å². The van der Waals surface area contributed by atoms with Crippen molar-refractivity contribution in [1.29, 1.82) is 0 Å². The molecule has 0 spiro atoms. The summed E-state index contributed by atoms with van der Waals surface area (Å²) in [6.45, 7) is 2.02. The number of nitrogens with zero attached hydrogens (tertiary/aromatic N) is 1. The topological polar surface area (TPSA) is 64.8 Å². The SMILES string of the molecule is C[C@@H](OCC1CCC(F)(F)CC1)[C@H](N)C(=O)N1CCC[C@H](COC(F)(F)F)C1. The third-order valence-electron chi connectivity index (χ3n) is 5.54. The van der Waals surface area contributed by atoms with Crippen molar-refractivity contribution in [3.8, 4) is 0 Å². The lowest BCUT2D eigenvalue weighted by molar-refractivity contribution is -0.329. The van der Waals surface area contributed by atoms with Crippen molar-refractivity contribution in [2.24, 2.45) is 17.6 Å². The lowest BCUT2D eigenvalue weighted by Gasteiger charge is -2.35. The van der Waals surface area contributed by atoms with Gasteiger partial charge in [0.2, 0.25) is 11.8 Å². The molecule has 0 aromatic heterocycles. The Kier molecular flexibility index (Phi) is 8.04. The number of hydrogen-bond donors (Lipinski definition) is 1. The minimum absolute atomic E-state index is 0.0169. The molecule has 5 nitrogen and oxygen atoms in total. The van der Waals surface area contributed by atoms with Crippen LogP contribution in [0.15, 0.2) is 0 Å². The molecule has 0 aromatic carbocycles. The van der Waals surface area contributed by atoms with Crippen molar-refractivity contribution in [3.05, 3.63) is 0 Å². The fourth-order valence-corrected chi connectivity index (χ4v) is 3.68. The summed E-state index contributed by atoms with van der Waals surface area (Å²) in [4.78, 5) is 14.0. The summed E-state index contributed by atoms with van der Waals surface area (Å²) in [5.41, 5.74) is 5.99. The predicted octanol–water partition coefficient (Wildman–Crippen LogP) is 3.32. The number of piperidine rings is 1. The fourth-order valence-electron chi connectivity index (χ4n) is 3.68. The highest BCUT2D eigenvalue weighted by atomic mass is 19.4. The molecule has 1 aliphatic heterocycles. The van der Waals surface area contributed by atoms with Crippen LogP contribution in [0.25, 0.3) is 0 Å². The second-order valence-electron chi connectivity index (χ2n) is 7.91. The first-order valence-corrected chi connectivity index (χ1v) is 9.71. The molecule has 164 valence electrons. The summed E-state index contributed by atoms with van der Waals surface area (Å²) in [7, 11) is 0. The van der Waals surface area contributed by atoms with E-state index in [4.69, 9.17) is 10.5 Å². The first kappa shape index (κ1) is 23.3. The van der Waals surface area contributed by atoms with Gasteiger partial charge in [0.1, 0.15) is 6.04 Å². The molecule has 2 rings (SSSR count). The van der Waals surface area contributed by atoms with E-state index >= 15 is 0 Å². The van der Waals surface area contributed by atoms with Gasteiger partial charge in [-0.05, 0) is 38.5 Å². The van der Waals surface area contributed by atoms with Crippen molar-refractivity contribution in [1.82, 2.24) is 4.90 Å². The number of nitrogens with two attached hydrogens (primary N) is 1. The van der Waals surface area contributed by atoms with E-state index in [-0.39, 0.29) is 37.8 Å². The van der Waals surface area contributed by atoms with Crippen LogP contribution >= 0.6 is 0 Å². The molecule has 1 saturated heterocycles. The van der Waals surface area contributed by atoms with Crippen molar-refractivity contribution in [2.75, 3.05) is 26.3 Å². The number of hydrogen-bond acceptors (Lipinski definition) is 4. The van der Waals surface area contributed by atoms with E-state index in [0.717, 1.165) is 0 Å². The second kappa shape index (κ2) is 9.67. The largest absolute Gasteiger partial charge is 0.522 e. The van der Waals surface area contributed by atoms with Gasteiger partial charge in [-0.1, -0.05) is 0 Å². The summed E-state index contributed by atoms with van der Waals surface area (Å²) in [5.74, 6) is -3.36. The van der Waals surface area contributed by atoms with Crippen molar-refractivity contribution >= 4 is 5.91 Å². The quantitative estimate of drug-likeness (QED) is 0.647. The summed E-state index contributed by atoms with van der Waals surface area (Å²) >= 11 is 0. The maximum atomic E-state index is 13.2. The molecule has 1 saturated carbocycles. The van der Waals surface area contributed by atoms with Crippen LogP contribution in [-0.4, -0.2) is 61.5 Å². The Balaban J connectivity index is 1.75. The Bertz CT molecular complexity index is 508. The number of ether oxygens (including phenoxy) is 2. The molecule has 0 radical (unpaired) electrons. The van der Waals surface area contributed by atoms with E-state index < -0.39 is 37.0 Å². The minimum Gasteiger partial charge on any atom is -0.376 e. The van der Waals surface area contributed by atoms with E-state index in [2.05, 4.69) is 4.74 Å². The van der Waals surface area contributed by atoms with Gasteiger partial charge in [-0.3, -0.25) is 9.53 Å². The van der Waals surface area contributed by atoms with Gasteiger partial charge >= 0.3 is 6.36 Å². The number of amides is 1.